The molecule has 1 heterocycles. The largest absolute Gasteiger partial charge is 0.319 e. The molecule has 0 saturated heterocycles. The van der Waals surface area contributed by atoms with E-state index in [1.54, 1.807) is 6.20 Å². The summed E-state index contributed by atoms with van der Waals surface area (Å²) in [5, 5.41) is 8.02. The molecule has 3 nitrogen and oxygen atoms in total. The SMILES string of the molecule is CNCC(C)C(C)n1cc(Cl)cn1. The summed E-state index contributed by atoms with van der Waals surface area (Å²) in [5.41, 5.74) is 0. The first-order valence-corrected chi connectivity index (χ1v) is 4.87. The zero-order valence-electron chi connectivity index (χ0n) is 8.29. The van der Waals surface area contributed by atoms with Gasteiger partial charge in [0.25, 0.3) is 0 Å². The Morgan fingerprint density at radius 1 is 1.62 bits per heavy atom. The van der Waals surface area contributed by atoms with E-state index in [2.05, 4.69) is 24.3 Å². The molecule has 0 bridgehead atoms. The molecule has 0 saturated carbocycles. The second kappa shape index (κ2) is 4.63. The van der Waals surface area contributed by atoms with E-state index < -0.39 is 0 Å². The van der Waals surface area contributed by atoms with E-state index in [-0.39, 0.29) is 0 Å². The molecule has 0 radical (unpaired) electrons. The molecular weight excluding hydrogens is 186 g/mol. The van der Waals surface area contributed by atoms with Gasteiger partial charge < -0.3 is 5.32 Å². The molecule has 1 rings (SSSR count). The molecule has 4 heteroatoms. The van der Waals surface area contributed by atoms with E-state index in [0.717, 1.165) is 6.54 Å². The summed E-state index contributed by atoms with van der Waals surface area (Å²) in [6.07, 6.45) is 3.53. The van der Waals surface area contributed by atoms with E-state index in [1.165, 1.54) is 0 Å². The first-order chi connectivity index (χ1) is 6.15. The van der Waals surface area contributed by atoms with Crippen molar-refractivity contribution in [3.63, 3.8) is 0 Å². The van der Waals surface area contributed by atoms with Gasteiger partial charge in [0.15, 0.2) is 0 Å². The van der Waals surface area contributed by atoms with Gasteiger partial charge in [0.05, 0.1) is 17.3 Å². The molecule has 1 N–H and O–H groups in total. The molecule has 0 aliphatic rings. The van der Waals surface area contributed by atoms with Crippen LogP contribution in [0.25, 0.3) is 0 Å². The van der Waals surface area contributed by atoms with Crippen LogP contribution in [0.15, 0.2) is 12.4 Å². The topological polar surface area (TPSA) is 29.9 Å². The average Bonchev–Trinajstić information content (AvgIpc) is 2.51. The summed E-state index contributed by atoms with van der Waals surface area (Å²) in [6, 6.07) is 0.375. The average molecular weight is 202 g/mol. The third-order valence-corrected chi connectivity index (χ3v) is 2.53. The number of nitrogens with zero attached hydrogens (tertiary/aromatic N) is 2. The van der Waals surface area contributed by atoms with Gasteiger partial charge in [-0.05, 0) is 26.4 Å². The molecule has 2 atom stereocenters. The van der Waals surface area contributed by atoms with Crippen LogP contribution in [0.5, 0.6) is 0 Å². The lowest BCUT2D eigenvalue weighted by Crippen LogP contribution is -2.24. The molecule has 74 valence electrons. The van der Waals surface area contributed by atoms with Crippen LogP contribution in [0.3, 0.4) is 0 Å². The van der Waals surface area contributed by atoms with Crippen LogP contribution in [0.1, 0.15) is 19.9 Å². The van der Waals surface area contributed by atoms with E-state index in [9.17, 15) is 0 Å². The first kappa shape index (κ1) is 10.5. The van der Waals surface area contributed by atoms with Gasteiger partial charge in [0.1, 0.15) is 0 Å². The lowest BCUT2D eigenvalue weighted by Gasteiger charge is -2.19. The Morgan fingerprint density at radius 3 is 2.77 bits per heavy atom. The molecule has 0 amide bonds. The Bertz CT molecular complexity index is 259. The van der Waals surface area contributed by atoms with Crippen molar-refractivity contribution in [2.75, 3.05) is 13.6 Å². The van der Waals surface area contributed by atoms with Gasteiger partial charge in [-0.1, -0.05) is 18.5 Å². The number of rotatable bonds is 4. The molecule has 0 aromatic carbocycles. The smallest absolute Gasteiger partial charge is 0.0785 e. The highest BCUT2D eigenvalue weighted by molar-refractivity contribution is 6.30. The van der Waals surface area contributed by atoms with Gasteiger partial charge in [-0.15, -0.1) is 0 Å². The first-order valence-electron chi connectivity index (χ1n) is 4.49. The lowest BCUT2D eigenvalue weighted by atomic mass is 10.0. The molecule has 0 aliphatic carbocycles. The summed E-state index contributed by atoms with van der Waals surface area (Å²) in [6.45, 7) is 5.32. The normalized spacial score (nSPS) is 15.7. The maximum absolute atomic E-state index is 5.79. The van der Waals surface area contributed by atoms with Crippen LogP contribution >= 0.6 is 11.6 Å². The van der Waals surface area contributed by atoms with Crippen molar-refractivity contribution < 1.29 is 0 Å². The predicted molar refractivity (Wildman–Crippen MR) is 55.0 cm³/mol. The minimum atomic E-state index is 0.375. The van der Waals surface area contributed by atoms with Crippen LogP contribution in [-0.4, -0.2) is 23.4 Å². The molecule has 1 aromatic rings. The molecule has 0 aliphatic heterocycles. The highest BCUT2D eigenvalue weighted by Gasteiger charge is 2.13. The van der Waals surface area contributed by atoms with Gasteiger partial charge in [0, 0.05) is 6.20 Å². The second-order valence-corrected chi connectivity index (χ2v) is 3.85. The summed E-state index contributed by atoms with van der Waals surface area (Å²) < 4.78 is 1.91. The highest BCUT2D eigenvalue weighted by Crippen LogP contribution is 2.17. The van der Waals surface area contributed by atoms with Crippen LogP contribution < -0.4 is 5.32 Å². The fraction of sp³-hybridized carbons (Fsp3) is 0.667. The number of hydrogen-bond donors (Lipinski definition) is 1. The summed E-state index contributed by atoms with van der Waals surface area (Å²) in [5.74, 6) is 0.543. The Hall–Kier alpha value is -0.540. The Labute approximate surface area is 84.1 Å². The van der Waals surface area contributed by atoms with E-state index in [0.29, 0.717) is 17.0 Å². The van der Waals surface area contributed by atoms with E-state index in [4.69, 9.17) is 11.6 Å². The Morgan fingerprint density at radius 2 is 2.31 bits per heavy atom. The van der Waals surface area contributed by atoms with Gasteiger partial charge in [0.2, 0.25) is 0 Å². The summed E-state index contributed by atoms with van der Waals surface area (Å²) in [4.78, 5) is 0. The van der Waals surface area contributed by atoms with Gasteiger partial charge in [-0.25, -0.2) is 0 Å². The van der Waals surface area contributed by atoms with Crippen molar-refractivity contribution in [1.82, 2.24) is 15.1 Å². The van der Waals surface area contributed by atoms with E-state index >= 15 is 0 Å². The zero-order valence-corrected chi connectivity index (χ0v) is 9.04. The number of nitrogens with one attached hydrogen (secondary N) is 1. The Kier molecular flexibility index (Phi) is 3.75. The maximum Gasteiger partial charge on any atom is 0.0785 e. The van der Waals surface area contributed by atoms with Crippen molar-refractivity contribution in [2.45, 2.75) is 19.9 Å². The second-order valence-electron chi connectivity index (χ2n) is 3.41. The van der Waals surface area contributed by atoms with Crippen LogP contribution in [0.2, 0.25) is 5.02 Å². The van der Waals surface area contributed by atoms with Crippen LogP contribution in [-0.2, 0) is 0 Å². The van der Waals surface area contributed by atoms with Crippen molar-refractivity contribution in [3.8, 4) is 0 Å². The third-order valence-electron chi connectivity index (χ3n) is 2.34. The highest BCUT2D eigenvalue weighted by atomic mass is 35.5. The molecule has 0 spiro atoms. The fourth-order valence-electron chi connectivity index (χ4n) is 1.29. The van der Waals surface area contributed by atoms with Crippen molar-refractivity contribution >= 4 is 11.6 Å². The molecule has 1 aromatic heterocycles. The standard InChI is InChI=1S/C9H16ClN3/c1-7(4-11-3)8(2)13-6-9(10)5-12-13/h5-8,11H,4H2,1-3H3. The molecular formula is C9H16ClN3. The van der Waals surface area contributed by atoms with Gasteiger partial charge >= 0.3 is 0 Å². The number of halogens is 1. The van der Waals surface area contributed by atoms with Crippen LogP contribution in [0, 0.1) is 5.92 Å². The lowest BCUT2D eigenvalue weighted by molar-refractivity contribution is 0.344. The number of aromatic nitrogens is 2. The predicted octanol–water partition coefficient (Wildman–Crippen LogP) is 1.95. The van der Waals surface area contributed by atoms with Crippen molar-refractivity contribution in [2.24, 2.45) is 5.92 Å². The fourth-order valence-corrected chi connectivity index (χ4v) is 1.43. The monoisotopic (exact) mass is 201 g/mol. The summed E-state index contributed by atoms with van der Waals surface area (Å²) >= 11 is 5.79. The molecule has 13 heavy (non-hydrogen) atoms. The Balaban J connectivity index is 2.61. The van der Waals surface area contributed by atoms with E-state index in [1.807, 2.05) is 17.9 Å². The van der Waals surface area contributed by atoms with Gasteiger partial charge in [-0.3, -0.25) is 4.68 Å². The minimum absolute atomic E-state index is 0.375. The number of hydrogen-bond acceptors (Lipinski definition) is 2. The summed E-state index contributed by atoms with van der Waals surface area (Å²) in [7, 11) is 1.96. The zero-order chi connectivity index (χ0) is 9.84. The molecule has 0 fully saturated rings. The van der Waals surface area contributed by atoms with Crippen LogP contribution in [0.4, 0.5) is 0 Å². The third kappa shape index (κ3) is 2.71. The van der Waals surface area contributed by atoms with Crippen molar-refractivity contribution in [1.29, 1.82) is 0 Å². The molecule has 2 unspecified atom stereocenters. The quantitative estimate of drug-likeness (QED) is 0.807. The van der Waals surface area contributed by atoms with Gasteiger partial charge in [-0.2, -0.15) is 5.10 Å². The van der Waals surface area contributed by atoms with Crippen molar-refractivity contribution in [3.05, 3.63) is 17.4 Å². The minimum Gasteiger partial charge on any atom is -0.319 e. The maximum atomic E-state index is 5.79.